The minimum atomic E-state index is -1.11. The highest BCUT2D eigenvalue weighted by atomic mass is 16.4. The molecule has 0 aliphatic carbocycles. The summed E-state index contributed by atoms with van der Waals surface area (Å²) in [5.74, 6) is -0.563. The number of aromatic nitrogens is 7. The Morgan fingerprint density at radius 3 is 2.62 bits per heavy atom. The largest absolute Gasteiger partial charge is 0.476 e. The number of tetrazole rings is 1. The number of carboxylic acids is 1. The maximum Gasteiger partial charge on any atom is 0.358 e. The monoisotopic (exact) mass is 285 g/mol. The first kappa shape index (κ1) is 12.9. The van der Waals surface area contributed by atoms with Crippen LogP contribution in [0.25, 0.3) is 11.4 Å². The molecule has 2 aromatic heterocycles. The van der Waals surface area contributed by atoms with Crippen molar-refractivity contribution < 1.29 is 9.90 Å². The Labute approximate surface area is 118 Å². The van der Waals surface area contributed by atoms with Crippen LogP contribution < -0.4 is 0 Å². The van der Waals surface area contributed by atoms with Gasteiger partial charge in [0.25, 0.3) is 0 Å². The van der Waals surface area contributed by atoms with Crippen LogP contribution in [-0.2, 0) is 13.1 Å². The van der Waals surface area contributed by atoms with Crippen LogP contribution in [0.4, 0.5) is 0 Å². The molecule has 0 saturated heterocycles. The third-order valence-corrected chi connectivity index (χ3v) is 2.77. The van der Waals surface area contributed by atoms with Gasteiger partial charge in [-0.05, 0) is 5.21 Å². The molecule has 21 heavy (non-hydrogen) atoms. The summed E-state index contributed by atoms with van der Waals surface area (Å²) in [5, 5.41) is 28.2. The van der Waals surface area contributed by atoms with Crippen molar-refractivity contribution in [2.45, 2.75) is 13.1 Å². The minimum absolute atomic E-state index is 0.0912. The topological polar surface area (TPSA) is 112 Å². The summed E-state index contributed by atoms with van der Waals surface area (Å²) < 4.78 is 1.43. The van der Waals surface area contributed by atoms with E-state index in [4.69, 9.17) is 5.11 Å². The molecule has 106 valence electrons. The second-order valence-corrected chi connectivity index (χ2v) is 4.25. The summed E-state index contributed by atoms with van der Waals surface area (Å²) in [7, 11) is 0. The van der Waals surface area contributed by atoms with Gasteiger partial charge in [0.05, 0.1) is 19.3 Å². The van der Waals surface area contributed by atoms with Crippen molar-refractivity contribution in [3.05, 3.63) is 42.2 Å². The Balaban J connectivity index is 1.66. The summed E-state index contributed by atoms with van der Waals surface area (Å²) in [4.78, 5) is 12.1. The van der Waals surface area contributed by atoms with Crippen molar-refractivity contribution in [1.29, 1.82) is 0 Å². The normalized spacial score (nSPS) is 10.7. The van der Waals surface area contributed by atoms with Crippen molar-refractivity contribution in [1.82, 2.24) is 35.2 Å². The van der Waals surface area contributed by atoms with Gasteiger partial charge >= 0.3 is 5.97 Å². The minimum Gasteiger partial charge on any atom is -0.476 e. The van der Waals surface area contributed by atoms with Crippen LogP contribution in [0.3, 0.4) is 0 Å². The third-order valence-electron chi connectivity index (χ3n) is 2.77. The van der Waals surface area contributed by atoms with Gasteiger partial charge in [-0.3, -0.25) is 0 Å². The molecule has 0 atom stereocenters. The highest BCUT2D eigenvalue weighted by Crippen LogP contribution is 2.11. The Bertz CT molecular complexity index is 750. The Kier molecular flexibility index (Phi) is 3.37. The van der Waals surface area contributed by atoms with Gasteiger partial charge < -0.3 is 5.11 Å². The quantitative estimate of drug-likeness (QED) is 0.718. The number of hydrogen-bond acceptors (Lipinski definition) is 6. The lowest BCUT2D eigenvalue weighted by Gasteiger charge is -1.98. The number of hydrogen-bond donors (Lipinski definition) is 1. The molecule has 0 saturated carbocycles. The predicted molar refractivity (Wildman–Crippen MR) is 70.2 cm³/mol. The van der Waals surface area contributed by atoms with E-state index in [0.29, 0.717) is 18.9 Å². The standard InChI is InChI=1S/C12H11N7O2/c20-12(21)10-8-18(16-13-10)6-7-19-15-11(14-17-19)9-4-2-1-3-5-9/h1-5,8H,6-7H2,(H,20,21). The first-order valence-corrected chi connectivity index (χ1v) is 6.19. The lowest BCUT2D eigenvalue weighted by Crippen LogP contribution is -2.10. The lowest BCUT2D eigenvalue weighted by molar-refractivity contribution is 0.0690. The molecule has 9 nitrogen and oxygen atoms in total. The number of aryl methyl sites for hydroxylation is 2. The maximum absolute atomic E-state index is 10.7. The Morgan fingerprint density at radius 2 is 1.90 bits per heavy atom. The van der Waals surface area contributed by atoms with E-state index in [1.165, 1.54) is 15.7 Å². The first-order chi connectivity index (χ1) is 10.2. The molecule has 2 heterocycles. The van der Waals surface area contributed by atoms with Crippen LogP contribution in [0.5, 0.6) is 0 Å². The van der Waals surface area contributed by atoms with Crippen LogP contribution in [0.2, 0.25) is 0 Å². The smallest absolute Gasteiger partial charge is 0.358 e. The summed E-state index contributed by atoms with van der Waals surface area (Å²) in [6.07, 6.45) is 1.36. The molecule has 0 aliphatic heterocycles. The second-order valence-electron chi connectivity index (χ2n) is 4.25. The van der Waals surface area contributed by atoms with Crippen molar-refractivity contribution in [2.75, 3.05) is 0 Å². The van der Waals surface area contributed by atoms with E-state index >= 15 is 0 Å². The average Bonchev–Trinajstić information content (AvgIpc) is 3.15. The molecular formula is C12H11N7O2. The van der Waals surface area contributed by atoms with Crippen LogP contribution >= 0.6 is 0 Å². The van der Waals surface area contributed by atoms with E-state index in [9.17, 15) is 4.79 Å². The van der Waals surface area contributed by atoms with Crippen LogP contribution in [0, 0.1) is 0 Å². The summed E-state index contributed by atoms with van der Waals surface area (Å²) in [6, 6.07) is 9.52. The molecule has 0 radical (unpaired) electrons. The first-order valence-electron chi connectivity index (χ1n) is 6.19. The van der Waals surface area contributed by atoms with Gasteiger partial charge in [-0.2, -0.15) is 4.80 Å². The molecule has 1 N–H and O–H groups in total. The molecule has 3 rings (SSSR count). The van der Waals surface area contributed by atoms with Gasteiger partial charge in [-0.1, -0.05) is 35.5 Å². The van der Waals surface area contributed by atoms with E-state index in [0.717, 1.165) is 5.56 Å². The van der Waals surface area contributed by atoms with Gasteiger partial charge in [-0.15, -0.1) is 15.3 Å². The molecule has 0 bridgehead atoms. The van der Waals surface area contributed by atoms with Crippen LogP contribution in [0.15, 0.2) is 36.5 Å². The van der Waals surface area contributed by atoms with E-state index in [-0.39, 0.29) is 5.69 Å². The van der Waals surface area contributed by atoms with E-state index in [1.54, 1.807) is 0 Å². The summed E-state index contributed by atoms with van der Waals surface area (Å²) in [5.41, 5.74) is 0.796. The number of rotatable bonds is 5. The van der Waals surface area contributed by atoms with Crippen LogP contribution in [-0.4, -0.2) is 46.3 Å². The van der Waals surface area contributed by atoms with Gasteiger partial charge in [0.15, 0.2) is 5.69 Å². The highest BCUT2D eigenvalue weighted by Gasteiger charge is 2.09. The molecule has 0 spiro atoms. The summed E-state index contributed by atoms with van der Waals surface area (Å²) >= 11 is 0. The Hall–Kier alpha value is -3.10. The average molecular weight is 285 g/mol. The molecule has 9 heteroatoms. The predicted octanol–water partition coefficient (Wildman–Crippen LogP) is 0.330. The third kappa shape index (κ3) is 2.91. The summed E-state index contributed by atoms with van der Waals surface area (Å²) in [6.45, 7) is 0.827. The zero-order valence-corrected chi connectivity index (χ0v) is 10.9. The lowest BCUT2D eigenvalue weighted by atomic mass is 10.2. The maximum atomic E-state index is 10.7. The van der Waals surface area contributed by atoms with Crippen LogP contribution in [0.1, 0.15) is 10.5 Å². The molecule has 0 aliphatic rings. The van der Waals surface area contributed by atoms with E-state index < -0.39 is 5.97 Å². The van der Waals surface area contributed by atoms with Crippen molar-refractivity contribution in [3.8, 4) is 11.4 Å². The van der Waals surface area contributed by atoms with Gasteiger partial charge in [-0.25, -0.2) is 9.48 Å². The number of aromatic carboxylic acids is 1. The Morgan fingerprint density at radius 1 is 1.10 bits per heavy atom. The zero-order chi connectivity index (χ0) is 14.7. The number of carboxylic acid groups (broad SMARTS) is 1. The van der Waals surface area contributed by atoms with Gasteiger partial charge in [0.1, 0.15) is 0 Å². The molecular weight excluding hydrogens is 274 g/mol. The fraction of sp³-hybridized carbons (Fsp3) is 0.167. The number of carbonyl (C=O) groups is 1. The van der Waals surface area contributed by atoms with E-state index in [2.05, 4.69) is 25.7 Å². The van der Waals surface area contributed by atoms with Crippen molar-refractivity contribution in [3.63, 3.8) is 0 Å². The molecule has 3 aromatic rings. The highest BCUT2D eigenvalue weighted by molar-refractivity contribution is 5.84. The number of nitrogens with zero attached hydrogens (tertiary/aromatic N) is 7. The molecule has 1 aromatic carbocycles. The van der Waals surface area contributed by atoms with E-state index in [1.807, 2.05) is 30.3 Å². The molecule has 0 fully saturated rings. The number of benzene rings is 1. The molecule has 0 amide bonds. The van der Waals surface area contributed by atoms with Crippen molar-refractivity contribution >= 4 is 5.97 Å². The zero-order valence-electron chi connectivity index (χ0n) is 10.9. The van der Waals surface area contributed by atoms with Gasteiger partial charge in [0.2, 0.25) is 5.82 Å². The fourth-order valence-electron chi connectivity index (χ4n) is 1.74. The fourth-order valence-corrected chi connectivity index (χ4v) is 1.74. The van der Waals surface area contributed by atoms with Gasteiger partial charge in [0, 0.05) is 5.56 Å². The molecule has 0 unspecified atom stereocenters. The SMILES string of the molecule is O=C(O)c1cn(CCn2nnc(-c3ccccc3)n2)nn1. The second kappa shape index (κ2) is 5.49. The van der Waals surface area contributed by atoms with Crippen molar-refractivity contribution in [2.24, 2.45) is 0 Å².